The van der Waals surface area contributed by atoms with Gasteiger partial charge in [0.1, 0.15) is 17.4 Å². The van der Waals surface area contributed by atoms with Crippen molar-refractivity contribution in [3.8, 4) is 5.69 Å². The first-order valence-corrected chi connectivity index (χ1v) is 8.84. The van der Waals surface area contributed by atoms with Crippen LogP contribution >= 0.6 is 35.6 Å². The van der Waals surface area contributed by atoms with E-state index in [0.29, 0.717) is 16.6 Å². The average Bonchev–Trinajstić information content (AvgIpc) is 3.20. The molecule has 0 aliphatic carbocycles. The van der Waals surface area contributed by atoms with Gasteiger partial charge in [-0.3, -0.25) is 5.32 Å². The highest BCUT2D eigenvalue weighted by Crippen LogP contribution is 2.36. The van der Waals surface area contributed by atoms with Gasteiger partial charge in [-0.2, -0.15) is 0 Å². The molecule has 0 amide bonds. The Morgan fingerprint density at radius 1 is 1.04 bits per heavy atom. The minimum Gasteiger partial charge on any atom is -0.459 e. The van der Waals surface area contributed by atoms with Gasteiger partial charge in [0.05, 0.1) is 5.69 Å². The van der Waals surface area contributed by atoms with Crippen LogP contribution in [0.15, 0.2) is 65.2 Å². The molecule has 0 saturated carbocycles. The highest BCUT2D eigenvalue weighted by atomic mass is 35.5. The van der Waals surface area contributed by atoms with Crippen LogP contribution in [0.4, 0.5) is 0 Å². The Morgan fingerprint density at radius 3 is 2.73 bits per heavy atom. The van der Waals surface area contributed by atoms with E-state index in [-0.39, 0.29) is 18.4 Å². The summed E-state index contributed by atoms with van der Waals surface area (Å²) in [4.78, 5) is 0. The summed E-state index contributed by atoms with van der Waals surface area (Å²) in [5.74, 6) is 0.885. The van der Waals surface area contributed by atoms with Crippen LogP contribution in [0.2, 0.25) is 10.0 Å². The second kappa shape index (κ2) is 6.67. The number of para-hydroxylation sites is 1. The number of nitrogens with zero attached hydrogens (tertiary/aromatic N) is 1. The van der Waals surface area contributed by atoms with Crippen molar-refractivity contribution >= 4 is 46.6 Å². The number of benzene rings is 2. The van der Waals surface area contributed by atoms with Gasteiger partial charge in [-0.1, -0.05) is 41.4 Å². The fraction of sp³-hybridized carbons (Fsp3) is 0.100. The number of rotatable bonds is 1. The molecule has 0 saturated heterocycles. The maximum Gasteiger partial charge on any atom is 0.134 e. The molecule has 0 fully saturated rings. The summed E-state index contributed by atoms with van der Waals surface area (Å²) in [5.41, 5.74) is 4.02. The van der Waals surface area contributed by atoms with E-state index in [0.717, 1.165) is 33.7 Å². The summed E-state index contributed by atoms with van der Waals surface area (Å²) in [6.45, 7) is 0.634. The van der Waals surface area contributed by atoms with Gasteiger partial charge in [-0.25, -0.2) is 0 Å². The number of hydrogen-bond donors (Lipinski definition) is 1. The Morgan fingerprint density at radius 2 is 1.88 bits per heavy atom. The summed E-state index contributed by atoms with van der Waals surface area (Å²) in [6.07, 6.45) is 2.03. The van der Waals surface area contributed by atoms with Crippen molar-refractivity contribution in [2.45, 2.75) is 12.6 Å². The van der Waals surface area contributed by atoms with E-state index in [1.54, 1.807) is 6.07 Å². The number of halogens is 3. The molecule has 2 aromatic heterocycles. The molecular formula is C20H15Cl3N2O. The molecule has 1 unspecified atom stereocenters. The second-order valence-electron chi connectivity index (χ2n) is 6.19. The van der Waals surface area contributed by atoms with E-state index in [2.05, 4.69) is 28.1 Å². The lowest BCUT2D eigenvalue weighted by atomic mass is 10.1. The summed E-state index contributed by atoms with van der Waals surface area (Å²) >= 11 is 12.7. The molecule has 4 aromatic rings. The molecule has 0 bridgehead atoms. The topological polar surface area (TPSA) is 30.1 Å². The van der Waals surface area contributed by atoms with E-state index in [1.807, 2.05) is 36.5 Å². The monoisotopic (exact) mass is 404 g/mol. The second-order valence-corrected chi connectivity index (χ2v) is 7.03. The lowest BCUT2D eigenvalue weighted by Gasteiger charge is -2.15. The Bertz CT molecular complexity index is 1070. The maximum absolute atomic E-state index is 6.45. The van der Waals surface area contributed by atoms with Gasteiger partial charge in [0.25, 0.3) is 0 Å². The summed E-state index contributed by atoms with van der Waals surface area (Å²) in [6, 6.07) is 17.9. The van der Waals surface area contributed by atoms with Gasteiger partial charge in [0, 0.05) is 39.4 Å². The quantitative estimate of drug-likeness (QED) is 0.412. The molecule has 0 radical (unpaired) electrons. The number of aromatic nitrogens is 1. The Hall–Kier alpha value is -1.91. The third-order valence-electron chi connectivity index (χ3n) is 4.68. The van der Waals surface area contributed by atoms with Gasteiger partial charge < -0.3 is 8.98 Å². The normalized spacial score (nSPS) is 15.8. The Kier molecular flexibility index (Phi) is 4.49. The number of nitrogens with one attached hydrogen (secondary N) is 1. The standard InChI is InChI=1S/C20H14Cl2N2O.ClH/c21-13-9-15(22)14-11-23-20(16-5-3-7-24(16)17(14)10-13)19-8-12-4-1-2-6-18(12)25-19;/h1-10,20,23H,11H2;1H. The van der Waals surface area contributed by atoms with E-state index < -0.39 is 0 Å². The molecule has 1 atom stereocenters. The fourth-order valence-electron chi connectivity index (χ4n) is 3.53. The molecule has 132 valence electrons. The summed E-state index contributed by atoms with van der Waals surface area (Å²) in [5, 5.41) is 5.97. The molecule has 3 nitrogen and oxygen atoms in total. The van der Waals surface area contributed by atoms with Crippen molar-refractivity contribution in [1.82, 2.24) is 9.88 Å². The van der Waals surface area contributed by atoms with E-state index in [4.69, 9.17) is 27.6 Å². The van der Waals surface area contributed by atoms with Gasteiger partial charge in [0.2, 0.25) is 0 Å². The first-order chi connectivity index (χ1) is 12.2. The molecule has 5 rings (SSSR count). The van der Waals surface area contributed by atoms with Crippen molar-refractivity contribution in [2.24, 2.45) is 0 Å². The van der Waals surface area contributed by atoms with Crippen molar-refractivity contribution in [3.63, 3.8) is 0 Å². The molecule has 0 spiro atoms. The molecule has 26 heavy (non-hydrogen) atoms. The van der Waals surface area contributed by atoms with Crippen LogP contribution in [0.1, 0.15) is 23.1 Å². The predicted octanol–water partition coefficient (Wildman–Crippen LogP) is 6.14. The number of hydrogen-bond acceptors (Lipinski definition) is 2. The fourth-order valence-corrected chi connectivity index (χ4v) is 4.08. The third-order valence-corrected chi connectivity index (χ3v) is 5.24. The minimum absolute atomic E-state index is 0. The van der Waals surface area contributed by atoms with Gasteiger partial charge in [-0.15, -0.1) is 12.4 Å². The van der Waals surface area contributed by atoms with Crippen molar-refractivity contribution in [3.05, 3.63) is 87.9 Å². The largest absolute Gasteiger partial charge is 0.459 e. The number of fused-ring (bicyclic) bond motifs is 4. The summed E-state index contributed by atoms with van der Waals surface area (Å²) in [7, 11) is 0. The maximum atomic E-state index is 6.45. The minimum atomic E-state index is -0.0651. The van der Waals surface area contributed by atoms with Crippen molar-refractivity contribution in [1.29, 1.82) is 0 Å². The van der Waals surface area contributed by atoms with Crippen LogP contribution in [0, 0.1) is 0 Å². The van der Waals surface area contributed by atoms with Crippen LogP contribution in [0.25, 0.3) is 16.7 Å². The molecule has 1 N–H and O–H groups in total. The van der Waals surface area contributed by atoms with Gasteiger partial charge in [0.15, 0.2) is 0 Å². The molecule has 6 heteroatoms. The van der Waals surface area contributed by atoms with Crippen molar-refractivity contribution < 1.29 is 4.42 Å². The zero-order valence-electron chi connectivity index (χ0n) is 13.6. The van der Waals surface area contributed by atoms with Crippen LogP contribution in [-0.4, -0.2) is 4.57 Å². The molecular weight excluding hydrogens is 391 g/mol. The summed E-state index contributed by atoms with van der Waals surface area (Å²) < 4.78 is 8.24. The van der Waals surface area contributed by atoms with Crippen molar-refractivity contribution in [2.75, 3.05) is 0 Å². The predicted molar refractivity (Wildman–Crippen MR) is 108 cm³/mol. The number of furan rings is 1. The highest BCUT2D eigenvalue weighted by molar-refractivity contribution is 6.35. The van der Waals surface area contributed by atoms with E-state index in [1.165, 1.54) is 0 Å². The average molecular weight is 406 g/mol. The van der Waals surface area contributed by atoms with Crippen LogP contribution < -0.4 is 5.32 Å². The lowest BCUT2D eigenvalue weighted by Crippen LogP contribution is -2.20. The van der Waals surface area contributed by atoms with E-state index in [9.17, 15) is 0 Å². The first-order valence-electron chi connectivity index (χ1n) is 8.08. The molecule has 2 aromatic carbocycles. The first kappa shape index (κ1) is 17.5. The third kappa shape index (κ3) is 2.72. The Balaban J connectivity index is 0.00000168. The zero-order valence-corrected chi connectivity index (χ0v) is 15.9. The Labute approximate surface area is 166 Å². The van der Waals surface area contributed by atoms with Gasteiger partial charge in [-0.05, 0) is 36.4 Å². The molecule has 1 aliphatic rings. The van der Waals surface area contributed by atoms with Crippen LogP contribution in [-0.2, 0) is 6.54 Å². The highest BCUT2D eigenvalue weighted by Gasteiger charge is 2.26. The van der Waals surface area contributed by atoms with Gasteiger partial charge >= 0.3 is 0 Å². The van der Waals surface area contributed by atoms with Crippen LogP contribution in [0.3, 0.4) is 0 Å². The SMILES string of the molecule is Cl.Clc1cc(Cl)c2c(c1)-n1cccc1C(c1cc3ccccc3o1)NC2. The van der Waals surface area contributed by atoms with Crippen LogP contribution in [0.5, 0.6) is 0 Å². The molecule has 3 heterocycles. The zero-order chi connectivity index (χ0) is 17.0. The van der Waals surface area contributed by atoms with E-state index >= 15 is 0 Å². The molecule has 1 aliphatic heterocycles. The smallest absolute Gasteiger partial charge is 0.134 e. The lowest BCUT2D eigenvalue weighted by molar-refractivity contribution is 0.465.